The van der Waals surface area contributed by atoms with Crippen LogP contribution in [0.1, 0.15) is 13.3 Å². The third-order valence-electron chi connectivity index (χ3n) is 2.74. The second kappa shape index (κ2) is 3.71. The van der Waals surface area contributed by atoms with Crippen molar-refractivity contribution in [3.05, 3.63) is 28.4 Å². The van der Waals surface area contributed by atoms with Gasteiger partial charge >= 0.3 is 5.82 Å². The topological polar surface area (TPSA) is 79.5 Å². The minimum atomic E-state index is -0.679. The van der Waals surface area contributed by atoms with E-state index in [1.54, 1.807) is 13.0 Å². The van der Waals surface area contributed by atoms with Crippen LogP contribution < -0.4 is 4.90 Å². The fraction of sp³-hybridized carbons (Fsp3) is 0.500. The summed E-state index contributed by atoms with van der Waals surface area (Å²) in [5, 5.41) is 20.2. The van der Waals surface area contributed by atoms with Crippen LogP contribution in [0, 0.1) is 10.1 Å². The zero-order chi connectivity index (χ0) is 11.8. The fourth-order valence-corrected chi connectivity index (χ4v) is 1.84. The number of hydrogen-bond acceptors (Lipinski definition) is 5. The van der Waals surface area contributed by atoms with Gasteiger partial charge < -0.3 is 20.1 Å². The maximum atomic E-state index is 10.4. The highest BCUT2D eigenvalue weighted by molar-refractivity contribution is 5.48. The lowest BCUT2D eigenvalue weighted by molar-refractivity contribution is -0.389. The molecule has 0 aromatic carbocycles. The van der Waals surface area contributed by atoms with Gasteiger partial charge in [-0.25, -0.2) is 0 Å². The Morgan fingerprint density at radius 1 is 1.62 bits per heavy atom. The van der Waals surface area contributed by atoms with Crippen molar-refractivity contribution in [1.29, 1.82) is 0 Å². The van der Waals surface area contributed by atoms with Gasteiger partial charge in [-0.15, -0.1) is 0 Å². The minimum absolute atomic E-state index is 0.158. The number of aliphatic hydroxyl groups is 1. The van der Waals surface area contributed by atoms with E-state index < -0.39 is 10.5 Å². The number of aromatic nitrogens is 1. The third-order valence-corrected chi connectivity index (χ3v) is 2.74. The van der Waals surface area contributed by atoms with E-state index in [4.69, 9.17) is 0 Å². The summed E-state index contributed by atoms with van der Waals surface area (Å²) in [6, 6.07) is 3.04. The molecule has 6 nitrogen and oxygen atoms in total. The van der Waals surface area contributed by atoms with Gasteiger partial charge in [0.1, 0.15) is 0 Å². The summed E-state index contributed by atoms with van der Waals surface area (Å²) < 4.78 is 0. The average molecular weight is 223 g/mol. The molecule has 0 aliphatic carbocycles. The summed E-state index contributed by atoms with van der Waals surface area (Å²) in [6.45, 7) is 3.06. The van der Waals surface area contributed by atoms with Gasteiger partial charge in [0.2, 0.25) is 0 Å². The van der Waals surface area contributed by atoms with Crippen molar-refractivity contribution in [2.45, 2.75) is 18.9 Å². The van der Waals surface area contributed by atoms with Crippen LogP contribution in [0.15, 0.2) is 18.3 Å². The molecule has 0 saturated carbocycles. The lowest BCUT2D eigenvalue weighted by atomic mass is 10.1. The van der Waals surface area contributed by atoms with Gasteiger partial charge in [-0.2, -0.15) is 0 Å². The number of hydrogen-bond donors (Lipinski definition) is 1. The quantitative estimate of drug-likeness (QED) is 0.596. The van der Waals surface area contributed by atoms with Gasteiger partial charge in [0.25, 0.3) is 0 Å². The van der Waals surface area contributed by atoms with Gasteiger partial charge in [-0.05, 0) is 29.3 Å². The molecule has 1 atom stereocenters. The normalized spacial score (nSPS) is 24.8. The molecular weight excluding hydrogens is 210 g/mol. The van der Waals surface area contributed by atoms with Crippen molar-refractivity contribution in [3.63, 3.8) is 0 Å². The van der Waals surface area contributed by atoms with E-state index in [2.05, 4.69) is 4.98 Å². The molecule has 1 saturated heterocycles. The van der Waals surface area contributed by atoms with E-state index in [0.29, 0.717) is 13.0 Å². The van der Waals surface area contributed by atoms with Gasteiger partial charge in [0.15, 0.2) is 6.20 Å². The first-order valence-corrected chi connectivity index (χ1v) is 5.06. The first-order valence-electron chi connectivity index (χ1n) is 5.06. The van der Waals surface area contributed by atoms with Crippen LogP contribution in [0.3, 0.4) is 0 Å². The molecule has 1 aromatic rings. The highest BCUT2D eigenvalue weighted by Gasteiger charge is 2.31. The average Bonchev–Trinajstić information content (AvgIpc) is 2.59. The third kappa shape index (κ3) is 2.11. The number of β-amino-alcohol motifs (C(OH)–C–C–N with tert-alkyl or cyclic N) is 1. The highest BCUT2D eigenvalue weighted by Crippen LogP contribution is 2.26. The molecule has 0 amide bonds. The maximum Gasteiger partial charge on any atom is 0.363 e. The Kier molecular flexibility index (Phi) is 2.51. The van der Waals surface area contributed by atoms with Crippen LogP contribution in [0.4, 0.5) is 11.5 Å². The summed E-state index contributed by atoms with van der Waals surface area (Å²) in [7, 11) is 0. The Morgan fingerprint density at radius 3 is 2.81 bits per heavy atom. The lowest BCUT2D eigenvalue weighted by Gasteiger charge is -2.19. The number of pyridine rings is 1. The molecule has 1 aliphatic rings. The Labute approximate surface area is 92.7 Å². The van der Waals surface area contributed by atoms with Crippen molar-refractivity contribution < 1.29 is 10.0 Å². The largest absolute Gasteiger partial charge is 0.388 e. The van der Waals surface area contributed by atoms with E-state index in [9.17, 15) is 15.2 Å². The number of rotatable bonds is 2. The molecule has 1 fully saturated rings. The molecule has 1 aromatic heterocycles. The Bertz CT molecular complexity index is 402. The maximum absolute atomic E-state index is 10.4. The van der Waals surface area contributed by atoms with Crippen LogP contribution >= 0.6 is 0 Å². The van der Waals surface area contributed by atoms with E-state index in [-0.39, 0.29) is 5.82 Å². The molecule has 0 spiro atoms. The molecule has 86 valence electrons. The van der Waals surface area contributed by atoms with E-state index in [1.807, 2.05) is 4.90 Å². The summed E-state index contributed by atoms with van der Waals surface area (Å²) in [6.07, 6.45) is 2.17. The molecule has 2 heterocycles. The van der Waals surface area contributed by atoms with E-state index in [0.717, 1.165) is 12.2 Å². The van der Waals surface area contributed by atoms with Gasteiger partial charge in [0, 0.05) is 19.2 Å². The highest BCUT2D eigenvalue weighted by atomic mass is 16.6. The summed E-state index contributed by atoms with van der Waals surface area (Å²) in [5.74, 6) is -0.158. The van der Waals surface area contributed by atoms with Crippen molar-refractivity contribution in [2.75, 3.05) is 18.0 Å². The zero-order valence-corrected chi connectivity index (χ0v) is 8.96. The Morgan fingerprint density at radius 2 is 2.38 bits per heavy atom. The van der Waals surface area contributed by atoms with Crippen LogP contribution in [0.5, 0.6) is 0 Å². The van der Waals surface area contributed by atoms with Crippen LogP contribution in [-0.4, -0.2) is 33.7 Å². The first-order chi connectivity index (χ1) is 7.48. The molecule has 1 N–H and O–H groups in total. The van der Waals surface area contributed by atoms with Crippen molar-refractivity contribution in [1.82, 2.24) is 4.98 Å². The van der Waals surface area contributed by atoms with Crippen molar-refractivity contribution in [3.8, 4) is 0 Å². The monoisotopic (exact) mass is 223 g/mol. The van der Waals surface area contributed by atoms with Crippen molar-refractivity contribution in [2.24, 2.45) is 0 Å². The minimum Gasteiger partial charge on any atom is -0.388 e. The summed E-state index contributed by atoms with van der Waals surface area (Å²) in [4.78, 5) is 15.6. The van der Waals surface area contributed by atoms with Gasteiger partial charge in [-0.1, -0.05) is 0 Å². The van der Waals surface area contributed by atoms with Crippen LogP contribution in [0.2, 0.25) is 0 Å². The van der Waals surface area contributed by atoms with Crippen LogP contribution in [-0.2, 0) is 0 Å². The summed E-state index contributed by atoms with van der Waals surface area (Å²) >= 11 is 0. The van der Waals surface area contributed by atoms with Gasteiger partial charge in [-0.3, -0.25) is 0 Å². The van der Waals surface area contributed by atoms with Gasteiger partial charge in [0.05, 0.1) is 11.3 Å². The molecule has 6 heteroatoms. The molecule has 1 aliphatic heterocycles. The molecule has 0 bridgehead atoms. The number of nitrogens with zero attached hydrogens (tertiary/aromatic N) is 3. The SMILES string of the molecule is CC1(O)CCN(c2ccc([N+](=O)[O-])nc2)C1. The van der Waals surface area contributed by atoms with E-state index >= 15 is 0 Å². The Hall–Kier alpha value is -1.69. The Balaban J connectivity index is 2.14. The molecule has 0 radical (unpaired) electrons. The number of anilines is 1. The molecule has 16 heavy (non-hydrogen) atoms. The number of nitro groups is 1. The molecular formula is C10H13N3O3. The lowest BCUT2D eigenvalue weighted by Crippen LogP contribution is -2.29. The predicted octanol–water partition coefficient (Wildman–Crippen LogP) is 0.951. The van der Waals surface area contributed by atoms with Crippen molar-refractivity contribution >= 4 is 11.5 Å². The smallest absolute Gasteiger partial charge is 0.363 e. The second-order valence-corrected chi connectivity index (χ2v) is 4.30. The molecule has 2 rings (SSSR count). The fourth-order valence-electron chi connectivity index (χ4n) is 1.84. The zero-order valence-electron chi connectivity index (χ0n) is 8.96. The standard InChI is InChI=1S/C10H13N3O3/c1-10(14)4-5-12(7-10)8-2-3-9(11-6-8)13(15)16/h2-3,6,14H,4-5,7H2,1H3. The second-order valence-electron chi connectivity index (χ2n) is 4.30. The van der Waals surface area contributed by atoms with Crippen LogP contribution in [0.25, 0.3) is 0 Å². The first kappa shape index (κ1) is 10.8. The predicted molar refractivity (Wildman–Crippen MR) is 58.3 cm³/mol. The summed E-state index contributed by atoms with van der Waals surface area (Å²) in [5.41, 5.74) is 0.130. The van der Waals surface area contributed by atoms with E-state index in [1.165, 1.54) is 12.3 Å². The molecule has 1 unspecified atom stereocenters.